The minimum absolute atomic E-state index is 0.0892. The van der Waals surface area contributed by atoms with Crippen LogP contribution in [0.3, 0.4) is 0 Å². The lowest BCUT2D eigenvalue weighted by atomic mass is 10.1. The first-order valence-corrected chi connectivity index (χ1v) is 10.7. The molecule has 1 saturated heterocycles. The largest absolute Gasteiger partial charge is 0.336 e. The molecule has 138 valence electrons. The van der Waals surface area contributed by atoms with Crippen LogP contribution in [0.25, 0.3) is 0 Å². The Kier molecular flexibility index (Phi) is 5.65. The first-order valence-electron chi connectivity index (χ1n) is 8.40. The number of sulfone groups is 1. The van der Waals surface area contributed by atoms with Crippen molar-refractivity contribution in [3.05, 3.63) is 64.7 Å². The lowest BCUT2D eigenvalue weighted by molar-refractivity contribution is 0.0624. The van der Waals surface area contributed by atoms with E-state index in [1.807, 2.05) is 24.3 Å². The molecule has 1 aliphatic rings. The first kappa shape index (κ1) is 18.9. The molecule has 7 heteroatoms. The summed E-state index contributed by atoms with van der Waals surface area (Å²) in [5, 5.41) is 0.716. The zero-order valence-electron chi connectivity index (χ0n) is 14.6. The van der Waals surface area contributed by atoms with E-state index in [1.165, 1.54) is 6.07 Å². The molecule has 26 heavy (non-hydrogen) atoms. The molecule has 0 N–H and O–H groups in total. The zero-order chi connectivity index (χ0) is 18.7. The Balaban J connectivity index is 1.66. The van der Waals surface area contributed by atoms with Gasteiger partial charge in [0.25, 0.3) is 5.91 Å². The number of carbonyl (C=O) groups is 1. The Morgan fingerprint density at radius 2 is 1.73 bits per heavy atom. The van der Waals surface area contributed by atoms with Gasteiger partial charge in [-0.3, -0.25) is 9.69 Å². The number of amides is 1. The summed E-state index contributed by atoms with van der Waals surface area (Å²) in [4.78, 5) is 16.9. The number of hydrogen-bond acceptors (Lipinski definition) is 4. The average molecular weight is 393 g/mol. The van der Waals surface area contributed by atoms with Gasteiger partial charge < -0.3 is 4.90 Å². The Morgan fingerprint density at radius 3 is 2.38 bits per heavy atom. The van der Waals surface area contributed by atoms with Gasteiger partial charge in [-0.05, 0) is 29.8 Å². The van der Waals surface area contributed by atoms with Gasteiger partial charge in [0, 0.05) is 44.0 Å². The number of halogens is 1. The maximum atomic E-state index is 12.8. The predicted molar refractivity (Wildman–Crippen MR) is 102 cm³/mol. The fourth-order valence-electron chi connectivity index (χ4n) is 3.14. The third kappa shape index (κ3) is 4.44. The summed E-state index contributed by atoms with van der Waals surface area (Å²) in [6, 6.07) is 14.1. The molecule has 1 heterocycles. The number of benzene rings is 2. The lowest BCUT2D eigenvalue weighted by Gasteiger charge is -2.35. The summed E-state index contributed by atoms with van der Waals surface area (Å²) >= 11 is 6.03. The van der Waals surface area contributed by atoms with Crippen LogP contribution in [0, 0.1) is 0 Å². The molecule has 5 nitrogen and oxygen atoms in total. The molecular formula is C19H21ClN2O3S. The fraction of sp³-hybridized carbons (Fsp3) is 0.316. The van der Waals surface area contributed by atoms with Crippen LogP contribution in [0.15, 0.2) is 53.4 Å². The van der Waals surface area contributed by atoms with Crippen molar-refractivity contribution in [1.82, 2.24) is 9.80 Å². The topological polar surface area (TPSA) is 57.7 Å². The first-order chi connectivity index (χ1) is 12.3. The molecule has 0 radical (unpaired) electrons. The quantitative estimate of drug-likeness (QED) is 0.802. The van der Waals surface area contributed by atoms with Gasteiger partial charge in [0.15, 0.2) is 9.84 Å². The lowest BCUT2D eigenvalue weighted by Crippen LogP contribution is -2.48. The van der Waals surface area contributed by atoms with E-state index in [2.05, 4.69) is 4.90 Å². The molecule has 2 aromatic carbocycles. The average Bonchev–Trinajstić information content (AvgIpc) is 2.61. The smallest absolute Gasteiger partial charge is 0.255 e. The fourth-order valence-corrected chi connectivity index (χ4v) is 4.23. The molecule has 0 aliphatic carbocycles. The van der Waals surface area contributed by atoms with E-state index in [-0.39, 0.29) is 16.4 Å². The van der Waals surface area contributed by atoms with Crippen molar-refractivity contribution in [2.45, 2.75) is 11.4 Å². The standard InChI is InChI=1S/C19H21ClN2O3S/c1-26(24,25)18-8-3-2-7-17(18)19(23)22-11-9-21(10-12-22)14-15-5-4-6-16(20)13-15/h2-8,13H,9-12,14H2,1H3. The summed E-state index contributed by atoms with van der Waals surface area (Å²) in [6.45, 7) is 3.39. The Hall–Kier alpha value is -1.89. The zero-order valence-corrected chi connectivity index (χ0v) is 16.1. The Bertz CT molecular complexity index is 907. The third-order valence-electron chi connectivity index (χ3n) is 4.47. The molecule has 0 spiro atoms. The van der Waals surface area contributed by atoms with Crippen molar-refractivity contribution >= 4 is 27.3 Å². The summed E-state index contributed by atoms with van der Waals surface area (Å²) in [6.07, 6.45) is 1.13. The van der Waals surface area contributed by atoms with Crippen LogP contribution in [-0.4, -0.2) is 56.6 Å². The maximum Gasteiger partial charge on any atom is 0.255 e. The van der Waals surface area contributed by atoms with Crippen LogP contribution >= 0.6 is 11.6 Å². The normalized spacial score (nSPS) is 15.8. The third-order valence-corrected chi connectivity index (χ3v) is 5.86. The molecule has 0 atom stereocenters. The highest BCUT2D eigenvalue weighted by atomic mass is 35.5. The van der Waals surface area contributed by atoms with E-state index in [9.17, 15) is 13.2 Å². The van der Waals surface area contributed by atoms with Crippen molar-refractivity contribution in [1.29, 1.82) is 0 Å². The van der Waals surface area contributed by atoms with E-state index in [0.29, 0.717) is 18.1 Å². The van der Waals surface area contributed by atoms with E-state index >= 15 is 0 Å². The van der Waals surface area contributed by atoms with Crippen LogP contribution in [0.2, 0.25) is 5.02 Å². The van der Waals surface area contributed by atoms with Crippen molar-refractivity contribution in [3.8, 4) is 0 Å². The second-order valence-corrected chi connectivity index (χ2v) is 8.89. The summed E-state index contributed by atoms with van der Waals surface area (Å²) in [7, 11) is -3.44. The van der Waals surface area contributed by atoms with Crippen LogP contribution < -0.4 is 0 Å². The highest BCUT2D eigenvalue weighted by molar-refractivity contribution is 7.90. The second kappa shape index (κ2) is 7.78. The summed E-state index contributed by atoms with van der Waals surface area (Å²) in [5.74, 6) is -0.228. The van der Waals surface area contributed by atoms with E-state index in [0.717, 1.165) is 31.5 Å². The van der Waals surface area contributed by atoms with Crippen LogP contribution in [0.1, 0.15) is 15.9 Å². The van der Waals surface area contributed by atoms with Crippen LogP contribution in [0.5, 0.6) is 0 Å². The van der Waals surface area contributed by atoms with E-state index < -0.39 is 9.84 Å². The minimum atomic E-state index is -3.44. The second-order valence-electron chi connectivity index (χ2n) is 6.47. The molecule has 0 aromatic heterocycles. The van der Waals surface area contributed by atoms with Crippen LogP contribution in [-0.2, 0) is 16.4 Å². The Labute approximate surface area is 159 Å². The van der Waals surface area contributed by atoms with Gasteiger partial charge in [0.1, 0.15) is 0 Å². The monoisotopic (exact) mass is 392 g/mol. The number of hydrogen-bond donors (Lipinski definition) is 0. The van der Waals surface area contributed by atoms with Crippen LogP contribution in [0.4, 0.5) is 0 Å². The molecule has 2 aromatic rings. The molecule has 1 aliphatic heterocycles. The van der Waals surface area contributed by atoms with Gasteiger partial charge in [0.05, 0.1) is 10.5 Å². The van der Waals surface area contributed by atoms with Crippen molar-refractivity contribution in [2.75, 3.05) is 32.4 Å². The van der Waals surface area contributed by atoms with E-state index in [1.54, 1.807) is 23.1 Å². The maximum absolute atomic E-state index is 12.8. The summed E-state index contributed by atoms with van der Waals surface area (Å²) < 4.78 is 23.9. The molecule has 1 fully saturated rings. The number of rotatable bonds is 4. The van der Waals surface area contributed by atoms with Gasteiger partial charge in [0.2, 0.25) is 0 Å². The minimum Gasteiger partial charge on any atom is -0.336 e. The molecule has 1 amide bonds. The van der Waals surface area contributed by atoms with Gasteiger partial charge in [-0.1, -0.05) is 35.9 Å². The molecule has 0 bridgehead atoms. The number of nitrogens with zero attached hydrogens (tertiary/aromatic N) is 2. The molecular weight excluding hydrogens is 372 g/mol. The highest BCUT2D eigenvalue weighted by Gasteiger charge is 2.26. The predicted octanol–water partition coefficient (Wildman–Crippen LogP) is 2.70. The van der Waals surface area contributed by atoms with Gasteiger partial charge in [-0.2, -0.15) is 0 Å². The summed E-state index contributed by atoms with van der Waals surface area (Å²) in [5.41, 5.74) is 1.39. The van der Waals surface area contributed by atoms with Gasteiger partial charge >= 0.3 is 0 Å². The number of piperazine rings is 1. The van der Waals surface area contributed by atoms with Crippen molar-refractivity contribution in [2.24, 2.45) is 0 Å². The molecule has 3 rings (SSSR count). The van der Waals surface area contributed by atoms with Gasteiger partial charge in [-0.15, -0.1) is 0 Å². The Morgan fingerprint density at radius 1 is 1.04 bits per heavy atom. The highest BCUT2D eigenvalue weighted by Crippen LogP contribution is 2.19. The number of carbonyl (C=O) groups excluding carboxylic acids is 1. The van der Waals surface area contributed by atoms with Crippen molar-refractivity contribution < 1.29 is 13.2 Å². The van der Waals surface area contributed by atoms with Gasteiger partial charge in [-0.25, -0.2) is 8.42 Å². The SMILES string of the molecule is CS(=O)(=O)c1ccccc1C(=O)N1CCN(Cc2cccc(Cl)c2)CC1. The van der Waals surface area contributed by atoms with E-state index in [4.69, 9.17) is 11.6 Å². The molecule has 0 saturated carbocycles. The van der Waals surface area contributed by atoms with Crippen molar-refractivity contribution in [3.63, 3.8) is 0 Å². The molecule has 0 unspecified atom stereocenters.